The van der Waals surface area contributed by atoms with Crippen LogP contribution in [0.2, 0.25) is 0 Å². The molecule has 3 aliphatic rings. The SMILES string of the molecule is C1=CCC(C(=N/Cc2ccc3c(c2)-n2c4ccccc4c4cccc(c42)C2CC=Cc4c2n-3c2ccccc42)/N=C/c2ccccc2)C=C1. The van der Waals surface area contributed by atoms with Crippen LogP contribution in [0.15, 0.2) is 156 Å². The summed E-state index contributed by atoms with van der Waals surface area (Å²) >= 11 is 0. The second-order valence-electron chi connectivity index (χ2n) is 13.3. The Bertz CT molecular complexity index is 2590. The van der Waals surface area contributed by atoms with Gasteiger partial charge in [0, 0.05) is 45.5 Å². The van der Waals surface area contributed by atoms with Crippen molar-refractivity contribution >= 4 is 50.8 Å². The quantitative estimate of drug-likeness (QED) is 0.137. The predicted octanol–water partition coefficient (Wildman–Crippen LogP) is 10.7. The van der Waals surface area contributed by atoms with Gasteiger partial charge in [-0.2, -0.15) is 0 Å². The predicted molar refractivity (Wildman–Crippen MR) is 205 cm³/mol. The highest BCUT2D eigenvalue weighted by atomic mass is 15.1. The number of amidine groups is 1. The largest absolute Gasteiger partial charge is 0.310 e. The first-order valence-corrected chi connectivity index (χ1v) is 17.3. The summed E-state index contributed by atoms with van der Waals surface area (Å²) in [6.07, 6.45) is 17.2. The lowest BCUT2D eigenvalue weighted by Crippen LogP contribution is -2.17. The number of fused-ring (bicyclic) bond motifs is 10. The molecule has 0 spiro atoms. The summed E-state index contributed by atoms with van der Waals surface area (Å²) in [5.74, 6) is 1.26. The number of hydrogen-bond donors (Lipinski definition) is 0. The van der Waals surface area contributed by atoms with Gasteiger partial charge in [0.15, 0.2) is 0 Å². The molecule has 0 fully saturated rings. The van der Waals surface area contributed by atoms with Crippen molar-refractivity contribution in [2.45, 2.75) is 25.3 Å². The molecule has 10 rings (SSSR count). The number of aliphatic imine (C=N–C) groups is 2. The number of para-hydroxylation sites is 3. The number of hydrogen-bond acceptors (Lipinski definition) is 1. The second kappa shape index (κ2) is 11.3. The van der Waals surface area contributed by atoms with E-state index in [2.05, 4.69) is 143 Å². The molecule has 1 aliphatic heterocycles. The van der Waals surface area contributed by atoms with E-state index in [1.807, 2.05) is 24.4 Å². The summed E-state index contributed by atoms with van der Waals surface area (Å²) in [7, 11) is 0. The molecular weight excluding hydrogens is 597 g/mol. The molecule has 4 nitrogen and oxygen atoms in total. The fourth-order valence-corrected chi connectivity index (χ4v) is 8.26. The van der Waals surface area contributed by atoms with Crippen LogP contribution in [0.4, 0.5) is 0 Å². The van der Waals surface area contributed by atoms with Gasteiger partial charge in [-0.3, -0.25) is 4.99 Å². The van der Waals surface area contributed by atoms with E-state index in [9.17, 15) is 0 Å². The van der Waals surface area contributed by atoms with Crippen LogP contribution in [0.25, 0.3) is 50.2 Å². The van der Waals surface area contributed by atoms with Crippen molar-refractivity contribution in [3.8, 4) is 11.4 Å². The molecule has 5 aromatic carbocycles. The lowest BCUT2D eigenvalue weighted by molar-refractivity contribution is 0.759. The Morgan fingerprint density at radius 3 is 2.35 bits per heavy atom. The second-order valence-corrected chi connectivity index (χ2v) is 13.3. The van der Waals surface area contributed by atoms with Crippen LogP contribution >= 0.6 is 0 Å². The lowest BCUT2D eigenvalue weighted by Gasteiger charge is -2.29. The van der Waals surface area contributed by atoms with Gasteiger partial charge < -0.3 is 9.13 Å². The van der Waals surface area contributed by atoms with Gasteiger partial charge in [0.25, 0.3) is 0 Å². The van der Waals surface area contributed by atoms with Crippen molar-refractivity contribution in [3.05, 3.63) is 174 Å². The summed E-state index contributed by atoms with van der Waals surface area (Å²) in [5.41, 5.74) is 12.5. The van der Waals surface area contributed by atoms with Crippen LogP contribution in [0, 0.1) is 5.92 Å². The fourth-order valence-electron chi connectivity index (χ4n) is 8.26. The first-order valence-electron chi connectivity index (χ1n) is 17.3. The maximum atomic E-state index is 5.21. The number of aromatic nitrogens is 2. The van der Waals surface area contributed by atoms with Gasteiger partial charge in [-0.1, -0.05) is 127 Å². The minimum atomic E-state index is 0.150. The van der Waals surface area contributed by atoms with Crippen LogP contribution in [0.5, 0.6) is 0 Å². The van der Waals surface area contributed by atoms with Crippen LogP contribution in [0.3, 0.4) is 0 Å². The van der Waals surface area contributed by atoms with E-state index in [-0.39, 0.29) is 11.8 Å². The zero-order chi connectivity index (χ0) is 32.3. The van der Waals surface area contributed by atoms with Gasteiger partial charge in [-0.15, -0.1) is 0 Å². The average Bonchev–Trinajstić information content (AvgIpc) is 3.68. The molecule has 2 unspecified atom stereocenters. The highest BCUT2D eigenvalue weighted by Gasteiger charge is 2.33. The molecule has 3 heterocycles. The normalized spacial score (nSPS) is 17.9. The molecule has 49 heavy (non-hydrogen) atoms. The smallest absolute Gasteiger partial charge is 0.130 e. The maximum absolute atomic E-state index is 5.21. The highest BCUT2D eigenvalue weighted by Crippen LogP contribution is 2.48. The van der Waals surface area contributed by atoms with E-state index in [0.29, 0.717) is 6.54 Å². The van der Waals surface area contributed by atoms with Crippen LogP contribution < -0.4 is 0 Å². The van der Waals surface area contributed by atoms with Crippen LogP contribution in [-0.4, -0.2) is 21.2 Å². The van der Waals surface area contributed by atoms with E-state index in [1.165, 1.54) is 60.9 Å². The van der Waals surface area contributed by atoms with Gasteiger partial charge in [0.1, 0.15) is 5.84 Å². The zero-order valence-corrected chi connectivity index (χ0v) is 27.1. The molecule has 0 amide bonds. The number of nitrogens with zero attached hydrogens (tertiary/aromatic N) is 4. The van der Waals surface area contributed by atoms with E-state index in [4.69, 9.17) is 9.98 Å². The van der Waals surface area contributed by atoms with E-state index in [1.54, 1.807) is 0 Å². The first-order chi connectivity index (χ1) is 24.3. The molecule has 0 radical (unpaired) electrons. The Morgan fingerprint density at radius 1 is 0.694 bits per heavy atom. The van der Waals surface area contributed by atoms with Gasteiger partial charge in [-0.05, 0) is 53.8 Å². The summed E-state index contributed by atoms with van der Waals surface area (Å²) in [5, 5.41) is 3.89. The standard InChI is InChI=1S/C45H34N4/c1-3-13-30(14-4-1)28-46-45(32-15-5-2-6-16-32)47-29-31-25-26-41-42(27-31)49-40-24-10-8-18-34(40)36-20-12-22-38(44(36)49)37-21-11-19-35-33-17-7-9-23-39(33)48(41)43(35)37/h1-15,17-20,22-28,32,37H,16,21,29H2/b46-28+,47-45-. The van der Waals surface area contributed by atoms with Gasteiger partial charge in [0.2, 0.25) is 0 Å². The molecule has 234 valence electrons. The van der Waals surface area contributed by atoms with Crippen molar-refractivity contribution in [1.29, 1.82) is 0 Å². The van der Waals surface area contributed by atoms with Gasteiger partial charge in [-0.25, -0.2) is 4.99 Å². The third kappa shape index (κ3) is 4.44. The topological polar surface area (TPSA) is 34.6 Å². The summed E-state index contributed by atoms with van der Waals surface area (Å²) < 4.78 is 5.08. The molecule has 4 heteroatoms. The Labute approximate surface area is 285 Å². The fraction of sp³-hybridized carbons (Fsp3) is 0.111. The average molecular weight is 631 g/mol. The molecule has 7 aromatic rings. The number of allylic oxidation sites excluding steroid dienone is 4. The van der Waals surface area contributed by atoms with Crippen LogP contribution in [-0.2, 0) is 6.54 Å². The minimum absolute atomic E-state index is 0.150. The van der Waals surface area contributed by atoms with Crippen molar-refractivity contribution < 1.29 is 0 Å². The Kier molecular flexibility index (Phi) is 6.48. The number of rotatable bonds is 4. The lowest BCUT2D eigenvalue weighted by atomic mass is 9.84. The third-order valence-corrected chi connectivity index (χ3v) is 10.4. The summed E-state index contributed by atoms with van der Waals surface area (Å²) in [6.45, 7) is 0.544. The minimum Gasteiger partial charge on any atom is -0.310 e. The Balaban J connectivity index is 1.20. The molecule has 2 aromatic heterocycles. The number of benzene rings is 5. The van der Waals surface area contributed by atoms with Crippen LogP contribution in [0.1, 0.15) is 46.7 Å². The molecule has 2 atom stereocenters. The highest BCUT2D eigenvalue weighted by molar-refractivity contribution is 6.11. The molecule has 0 saturated heterocycles. The molecular formula is C45H34N4. The van der Waals surface area contributed by atoms with E-state index >= 15 is 0 Å². The third-order valence-electron chi connectivity index (χ3n) is 10.4. The summed E-state index contributed by atoms with van der Waals surface area (Å²) in [6, 6.07) is 41.9. The van der Waals surface area contributed by atoms with Crippen molar-refractivity contribution in [3.63, 3.8) is 0 Å². The molecule has 0 N–H and O–H groups in total. The molecule has 2 aliphatic carbocycles. The summed E-state index contributed by atoms with van der Waals surface area (Å²) in [4.78, 5) is 10.2. The van der Waals surface area contributed by atoms with Crippen molar-refractivity contribution in [1.82, 2.24) is 9.13 Å². The molecule has 0 bridgehead atoms. The first kappa shape index (κ1) is 28.1. The van der Waals surface area contributed by atoms with Crippen molar-refractivity contribution in [2.75, 3.05) is 0 Å². The van der Waals surface area contributed by atoms with Gasteiger partial charge >= 0.3 is 0 Å². The van der Waals surface area contributed by atoms with Gasteiger partial charge in [0.05, 0.1) is 34.5 Å². The monoisotopic (exact) mass is 630 g/mol. The molecule has 0 saturated carbocycles. The zero-order valence-electron chi connectivity index (χ0n) is 27.1. The Morgan fingerprint density at radius 2 is 1.49 bits per heavy atom. The van der Waals surface area contributed by atoms with E-state index < -0.39 is 0 Å². The maximum Gasteiger partial charge on any atom is 0.130 e. The van der Waals surface area contributed by atoms with E-state index in [0.717, 1.165) is 29.8 Å². The Hall–Kier alpha value is -6.00. The van der Waals surface area contributed by atoms with Crippen molar-refractivity contribution in [2.24, 2.45) is 15.9 Å².